The molecule has 7 nitrogen and oxygen atoms in total. The molecule has 4 atom stereocenters. The smallest absolute Gasteiger partial charge is 0.148 e. The number of rotatable bonds is 4. The number of aromatic nitrogens is 4. The predicted octanol–water partition coefficient (Wildman–Crippen LogP) is 3.27. The molecule has 3 fully saturated rings. The first-order chi connectivity index (χ1) is 14.4. The number of aryl methyl sites for hydroxylation is 2. The third-order valence-electron chi connectivity index (χ3n) is 7.27. The number of anilines is 1. The van der Waals surface area contributed by atoms with Crippen molar-refractivity contribution in [3.63, 3.8) is 0 Å². The van der Waals surface area contributed by atoms with Gasteiger partial charge in [-0.3, -0.25) is 9.58 Å². The Hall–Kier alpha value is -1.99. The Bertz CT molecular complexity index is 878. The second-order valence-corrected chi connectivity index (χ2v) is 10.1. The SMILES string of the molecule is Cc1nn(C)cc1-c1ccc(N[C@@H]2C[C@@H]3CN(C4CCOC(C)(C)C4)C[C@@H]3C2)nn1. The Labute approximate surface area is 179 Å². The van der Waals surface area contributed by atoms with E-state index in [0.29, 0.717) is 12.1 Å². The van der Waals surface area contributed by atoms with Crippen LogP contribution in [0.1, 0.15) is 45.2 Å². The van der Waals surface area contributed by atoms with Gasteiger partial charge in [0.05, 0.1) is 17.0 Å². The van der Waals surface area contributed by atoms with Gasteiger partial charge >= 0.3 is 0 Å². The van der Waals surface area contributed by atoms with E-state index in [2.05, 4.69) is 45.4 Å². The highest BCUT2D eigenvalue weighted by Gasteiger charge is 2.44. The lowest BCUT2D eigenvalue weighted by atomic mass is 9.93. The Morgan fingerprint density at radius 1 is 1.13 bits per heavy atom. The second kappa shape index (κ2) is 7.61. The third kappa shape index (κ3) is 3.97. The lowest BCUT2D eigenvalue weighted by Crippen LogP contribution is -2.45. The largest absolute Gasteiger partial charge is 0.375 e. The van der Waals surface area contributed by atoms with Crippen molar-refractivity contribution in [2.75, 3.05) is 25.0 Å². The van der Waals surface area contributed by atoms with Crippen LogP contribution in [0.2, 0.25) is 0 Å². The van der Waals surface area contributed by atoms with Gasteiger partial charge in [0.15, 0.2) is 0 Å². The molecule has 1 N–H and O–H groups in total. The summed E-state index contributed by atoms with van der Waals surface area (Å²) in [6.45, 7) is 9.87. The van der Waals surface area contributed by atoms with Crippen LogP contribution in [-0.2, 0) is 11.8 Å². The van der Waals surface area contributed by atoms with Crippen molar-refractivity contribution < 1.29 is 4.74 Å². The van der Waals surface area contributed by atoms with Crippen LogP contribution in [0.5, 0.6) is 0 Å². The summed E-state index contributed by atoms with van der Waals surface area (Å²) in [6.07, 6.45) is 6.81. The van der Waals surface area contributed by atoms with E-state index in [0.717, 1.165) is 47.6 Å². The second-order valence-electron chi connectivity index (χ2n) is 10.1. The quantitative estimate of drug-likeness (QED) is 0.834. The lowest BCUT2D eigenvalue weighted by Gasteiger charge is -2.40. The standard InChI is InChI=1S/C23H34N6O/c1-15-20(14-28(4)27-15)21-5-6-22(26-25-21)24-18-9-16-12-29(13-17(16)10-18)19-7-8-30-23(2,3)11-19/h5-6,14,16-19H,7-13H2,1-4H3,(H,24,26)/t16-,17+,18-,19?. The van der Waals surface area contributed by atoms with Crippen molar-refractivity contribution in [1.82, 2.24) is 24.9 Å². The summed E-state index contributed by atoms with van der Waals surface area (Å²) in [5.74, 6) is 2.49. The molecule has 1 unspecified atom stereocenters. The van der Waals surface area contributed by atoms with Gasteiger partial charge in [0.25, 0.3) is 0 Å². The lowest BCUT2D eigenvalue weighted by molar-refractivity contribution is -0.0811. The van der Waals surface area contributed by atoms with E-state index < -0.39 is 0 Å². The minimum Gasteiger partial charge on any atom is -0.375 e. The summed E-state index contributed by atoms with van der Waals surface area (Å²) in [6, 6.07) is 5.30. The molecule has 0 bridgehead atoms. The average molecular weight is 411 g/mol. The summed E-state index contributed by atoms with van der Waals surface area (Å²) < 4.78 is 7.74. The molecular formula is C23H34N6O. The predicted molar refractivity (Wildman–Crippen MR) is 117 cm³/mol. The zero-order chi connectivity index (χ0) is 20.9. The van der Waals surface area contributed by atoms with Crippen LogP contribution in [0.25, 0.3) is 11.3 Å². The molecule has 0 spiro atoms. The van der Waals surface area contributed by atoms with Crippen LogP contribution >= 0.6 is 0 Å². The number of likely N-dealkylation sites (tertiary alicyclic amines) is 1. The first-order valence-corrected chi connectivity index (χ1v) is 11.4. The number of ether oxygens (including phenoxy) is 1. The Kier molecular flexibility index (Phi) is 5.06. The molecule has 0 aromatic carbocycles. The summed E-state index contributed by atoms with van der Waals surface area (Å²) in [4.78, 5) is 2.75. The summed E-state index contributed by atoms with van der Waals surface area (Å²) >= 11 is 0. The van der Waals surface area contributed by atoms with Crippen LogP contribution < -0.4 is 5.32 Å². The van der Waals surface area contributed by atoms with Crippen molar-refractivity contribution in [2.45, 2.75) is 64.1 Å². The van der Waals surface area contributed by atoms with Crippen LogP contribution in [0, 0.1) is 18.8 Å². The minimum atomic E-state index is 0.0316. The van der Waals surface area contributed by atoms with E-state index >= 15 is 0 Å². The van der Waals surface area contributed by atoms with Crippen molar-refractivity contribution in [3.05, 3.63) is 24.0 Å². The van der Waals surface area contributed by atoms with E-state index in [9.17, 15) is 0 Å². The van der Waals surface area contributed by atoms with E-state index in [1.54, 1.807) is 0 Å². The van der Waals surface area contributed by atoms with Crippen molar-refractivity contribution >= 4 is 5.82 Å². The molecule has 2 aliphatic heterocycles. The topological polar surface area (TPSA) is 68.1 Å². The van der Waals surface area contributed by atoms with Gasteiger partial charge in [0, 0.05) is 50.6 Å². The van der Waals surface area contributed by atoms with Crippen LogP contribution in [-0.4, -0.2) is 62.3 Å². The number of hydrogen-bond donors (Lipinski definition) is 1. The molecular weight excluding hydrogens is 376 g/mol. The van der Waals surface area contributed by atoms with Gasteiger partial charge in [-0.15, -0.1) is 10.2 Å². The maximum absolute atomic E-state index is 5.92. The molecule has 1 saturated carbocycles. The summed E-state index contributed by atoms with van der Waals surface area (Å²) in [5, 5.41) is 16.9. The van der Waals surface area contributed by atoms with Crippen LogP contribution in [0.15, 0.2) is 18.3 Å². The van der Waals surface area contributed by atoms with Crippen LogP contribution in [0.4, 0.5) is 5.82 Å². The highest BCUT2D eigenvalue weighted by atomic mass is 16.5. The first-order valence-electron chi connectivity index (χ1n) is 11.4. The van der Waals surface area contributed by atoms with Gasteiger partial charge in [-0.1, -0.05) is 0 Å². The zero-order valence-electron chi connectivity index (χ0n) is 18.6. The van der Waals surface area contributed by atoms with E-state index in [-0.39, 0.29) is 5.60 Å². The maximum Gasteiger partial charge on any atom is 0.148 e. The van der Waals surface area contributed by atoms with E-state index in [4.69, 9.17) is 4.74 Å². The molecule has 162 valence electrons. The molecule has 0 radical (unpaired) electrons. The molecule has 2 aromatic rings. The van der Waals surface area contributed by atoms with Gasteiger partial charge < -0.3 is 10.1 Å². The summed E-state index contributed by atoms with van der Waals surface area (Å²) in [7, 11) is 1.93. The van der Waals surface area contributed by atoms with Gasteiger partial charge in [-0.25, -0.2) is 0 Å². The summed E-state index contributed by atoms with van der Waals surface area (Å²) in [5.41, 5.74) is 2.94. The molecule has 4 heterocycles. The monoisotopic (exact) mass is 410 g/mol. The fraction of sp³-hybridized carbons (Fsp3) is 0.696. The average Bonchev–Trinajstić information content (AvgIpc) is 3.34. The Morgan fingerprint density at radius 3 is 2.50 bits per heavy atom. The molecule has 1 aliphatic carbocycles. The molecule has 0 amide bonds. The maximum atomic E-state index is 5.92. The molecule has 2 aromatic heterocycles. The zero-order valence-corrected chi connectivity index (χ0v) is 18.6. The third-order valence-corrected chi connectivity index (χ3v) is 7.27. The van der Waals surface area contributed by atoms with Gasteiger partial charge in [-0.05, 0) is 70.4 Å². The van der Waals surface area contributed by atoms with Crippen molar-refractivity contribution in [3.8, 4) is 11.3 Å². The molecule has 5 rings (SSSR count). The Morgan fingerprint density at radius 2 is 1.90 bits per heavy atom. The van der Waals surface area contributed by atoms with Crippen molar-refractivity contribution in [2.24, 2.45) is 18.9 Å². The number of nitrogens with one attached hydrogen (secondary N) is 1. The molecule has 3 aliphatic rings. The number of hydrogen-bond acceptors (Lipinski definition) is 6. The van der Waals surface area contributed by atoms with Crippen molar-refractivity contribution in [1.29, 1.82) is 0 Å². The number of nitrogens with zero attached hydrogens (tertiary/aromatic N) is 5. The highest BCUT2D eigenvalue weighted by Crippen LogP contribution is 2.41. The molecule has 30 heavy (non-hydrogen) atoms. The normalized spacial score (nSPS) is 31.1. The van der Waals surface area contributed by atoms with E-state index in [1.165, 1.54) is 32.4 Å². The fourth-order valence-electron chi connectivity index (χ4n) is 5.88. The van der Waals surface area contributed by atoms with Gasteiger partial charge in [0.1, 0.15) is 5.82 Å². The highest BCUT2D eigenvalue weighted by molar-refractivity contribution is 5.61. The van der Waals surface area contributed by atoms with Gasteiger partial charge in [-0.2, -0.15) is 5.10 Å². The van der Waals surface area contributed by atoms with E-state index in [1.807, 2.05) is 30.9 Å². The van der Waals surface area contributed by atoms with Gasteiger partial charge in [0.2, 0.25) is 0 Å². The molecule has 7 heteroatoms. The van der Waals surface area contributed by atoms with Crippen LogP contribution in [0.3, 0.4) is 0 Å². The first kappa shape index (κ1) is 19.9. The molecule has 2 saturated heterocycles. The number of fused-ring (bicyclic) bond motifs is 1. The Balaban J connectivity index is 1.16. The minimum absolute atomic E-state index is 0.0316. The fourth-order valence-corrected chi connectivity index (χ4v) is 5.88.